The number of aryl methyl sites for hydroxylation is 1. The molecule has 0 spiro atoms. The number of hydrogen-bond acceptors (Lipinski definition) is 2. The SMILES string of the molecule is CNC(c1cncc(C)c1)C1CCCC1(C)C. The van der Waals surface area contributed by atoms with Gasteiger partial charge >= 0.3 is 0 Å². The average molecular weight is 232 g/mol. The van der Waals surface area contributed by atoms with Gasteiger partial charge in [0.15, 0.2) is 0 Å². The van der Waals surface area contributed by atoms with Crippen LogP contribution in [0.1, 0.15) is 50.3 Å². The van der Waals surface area contributed by atoms with E-state index >= 15 is 0 Å². The molecule has 0 aromatic carbocycles. The second-order valence-electron chi connectivity index (χ2n) is 6.05. The Balaban J connectivity index is 2.27. The van der Waals surface area contributed by atoms with Crippen molar-refractivity contribution in [2.75, 3.05) is 7.05 Å². The van der Waals surface area contributed by atoms with Gasteiger partial charge in [0, 0.05) is 18.4 Å². The molecule has 94 valence electrons. The first-order valence-corrected chi connectivity index (χ1v) is 6.63. The van der Waals surface area contributed by atoms with Crippen LogP contribution in [0.2, 0.25) is 0 Å². The highest BCUT2D eigenvalue weighted by Crippen LogP contribution is 2.48. The first kappa shape index (κ1) is 12.6. The Kier molecular flexibility index (Phi) is 3.53. The lowest BCUT2D eigenvalue weighted by atomic mass is 9.75. The number of pyridine rings is 1. The van der Waals surface area contributed by atoms with Crippen molar-refractivity contribution in [3.63, 3.8) is 0 Å². The molecule has 2 rings (SSSR count). The van der Waals surface area contributed by atoms with Crippen molar-refractivity contribution in [1.29, 1.82) is 0 Å². The highest BCUT2D eigenvalue weighted by molar-refractivity contribution is 5.21. The van der Waals surface area contributed by atoms with Gasteiger partial charge in [0.05, 0.1) is 0 Å². The van der Waals surface area contributed by atoms with Gasteiger partial charge in [-0.15, -0.1) is 0 Å². The molecule has 1 aliphatic carbocycles. The van der Waals surface area contributed by atoms with Gasteiger partial charge in [0.1, 0.15) is 0 Å². The lowest BCUT2D eigenvalue weighted by Gasteiger charge is -2.34. The van der Waals surface area contributed by atoms with Crippen molar-refractivity contribution in [2.45, 2.75) is 46.1 Å². The van der Waals surface area contributed by atoms with Crippen LogP contribution < -0.4 is 5.32 Å². The third kappa shape index (κ3) is 2.52. The Hall–Kier alpha value is -0.890. The van der Waals surface area contributed by atoms with Crippen LogP contribution >= 0.6 is 0 Å². The topological polar surface area (TPSA) is 24.9 Å². The molecular formula is C15H24N2. The summed E-state index contributed by atoms with van der Waals surface area (Å²) in [6.45, 7) is 6.92. The van der Waals surface area contributed by atoms with Crippen molar-refractivity contribution in [3.8, 4) is 0 Å². The van der Waals surface area contributed by atoms with Gasteiger partial charge in [-0.3, -0.25) is 4.98 Å². The second-order valence-corrected chi connectivity index (χ2v) is 6.05. The molecule has 0 saturated heterocycles. The third-order valence-electron chi connectivity index (χ3n) is 4.31. The lowest BCUT2D eigenvalue weighted by molar-refractivity contribution is 0.203. The van der Waals surface area contributed by atoms with E-state index in [1.807, 2.05) is 12.4 Å². The first-order chi connectivity index (χ1) is 8.04. The normalized spacial score (nSPS) is 24.8. The van der Waals surface area contributed by atoms with Gasteiger partial charge in [0.2, 0.25) is 0 Å². The van der Waals surface area contributed by atoms with Crippen LogP contribution in [0.15, 0.2) is 18.5 Å². The zero-order valence-corrected chi connectivity index (χ0v) is 11.5. The molecule has 1 N–H and O–H groups in total. The van der Waals surface area contributed by atoms with Crippen LogP contribution in [-0.2, 0) is 0 Å². The van der Waals surface area contributed by atoms with Gasteiger partial charge < -0.3 is 5.32 Å². The zero-order chi connectivity index (χ0) is 12.5. The maximum Gasteiger partial charge on any atom is 0.0366 e. The summed E-state index contributed by atoms with van der Waals surface area (Å²) in [6.07, 6.45) is 7.97. The molecule has 0 aliphatic heterocycles. The van der Waals surface area contributed by atoms with E-state index in [2.05, 4.69) is 44.2 Å². The number of nitrogens with one attached hydrogen (secondary N) is 1. The van der Waals surface area contributed by atoms with E-state index in [1.165, 1.54) is 30.4 Å². The third-order valence-corrected chi connectivity index (χ3v) is 4.31. The molecule has 1 fully saturated rings. The summed E-state index contributed by atoms with van der Waals surface area (Å²) in [5, 5.41) is 3.50. The van der Waals surface area contributed by atoms with Crippen molar-refractivity contribution in [1.82, 2.24) is 10.3 Å². The fraction of sp³-hybridized carbons (Fsp3) is 0.667. The summed E-state index contributed by atoms with van der Waals surface area (Å²) in [5.74, 6) is 0.719. The van der Waals surface area contributed by atoms with Crippen molar-refractivity contribution >= 4 is 0 Å². The summed E-state index contributed by atoms with van der Waals surface area (Å²) in [6, 6.07) is 2.71. The van der Waals surface area contributed by atoms with Crippen LogP contribution in [0.3, 0.4) is 0 Å². The molecule has 0 bridgehead atoms. The smallest absolute Gasteiger partial charge is 0.0366 e. The molecule has 2 heteroatoms. The summed E-state index contributed by atoms with van der Waals surface area (Å²) in [4.78, 5) is 4.33. The van der Waals surface area contributed by atoms with E-state index in [4.69, 9.17) is 0 Å². The van der Waals surface area contributed by atoms with Gasteiger partial charge in [0.25, 0.3) is 0 Å². The van der Waals surface area contributed by atoms with Crippen LogP contribution in [0.5, 0.6) is 0 Å². The van der Waals surface area contributed by atoms with Gasteiger partial charge in [-0.1, -0.05) is 26.3 Å². The molecule has 1 aromatic heterocycles. The Morgan fingerprint density at radius 1 is 1.41 bits per heavy atom. The van der Waals surface area contributed by atoms with Crippen LogP contribution in [0.4, 0.5) is 0 Å². The first-order valence-electron chi connectivity index (χ1n) is 6.63. The summed E-state index contributed by atoms with van der Waals surface area (Å²) in [7, 11) is 2.07. The highest BCUT2D eigenvalue weighted by Gasteiger charge is 2.39. The molecular weight excluding hydrogens is 208 g/mol. The maximum absolute atomic E-state index is 4.33. The lowest BCUT2D eigenvalue weighted by Crippen LogP contribution is -2.32. The Labute approximate surface area is 105 Å². The minimum atomic E-state index is 0.442. The van der Waals surface area contributed by atoms with E-state index in [-0.39, 0.29) is 0 Å². The second kappa shape index (κ2) is 4.77. The number of hydrogen-bond donors (Lipinski definition) is 1. The standard InChI is InChI=1S/C15H24N2/c1-11-8-12(10-17-9-11)14(16-4)13-6-5-7-15(13,2)3/h8-10,13-14,16H,5-7H2,1-4H3. The molecule has 0 radical (unpaired) electrons. The van der Waals surface area contributed by atoms with Crippen molar-refractivity contribution in [2.24, 2.45) is 11.3 Å². The number of rotatable bonds is 3. The van der Waals surface area contributed by atoms with Crippen molar-refractivity contribution < 1.29 is 0 Å². The minimum absolute atomic E-state index is 0.442. The van der Waals surface area contributed by atoms with Crippen LogP contribution in [-0.4, -0.2) is 12.0 Å². The predicted octanol–water partition coefficient (Wildman–Crippen LogP) is 3.48. The Bertz CT molecular complexity index is 384. The summed E-state index contributed by atoms with van der Waals surface area (Å²) >= 11 is 0. The van der Waals surface area contributed by atoms with Crippen LogP contribution in [0.25, 0.3) is 0 Å². The van der Waals surface area contributed by atoms with E-state index < -0.39 is 0 Å². The van der Waals surface area contributed by atoms with Gasteiger partial charge in [-0.05, 0) is 49.3 Å². The van der Waals surface area contributed by atoms with E-state index in [0.29, 0.717) is 11.5 Å². The molecule has 1 aromatic rings. The largest absolute Gasteiger partial charge is 0.313 e. The molecule has 2 atom stereocenters. The number of nitrogens with zero attached hydrogens (tertiary/aromatic N) is 1. The highest BCUT2D eigenvalue weighted by atomic mass is 14.9. The Morgan fingerprint density at radius 2 is 2.18 bits per heavy atom. The van der Waals surface area contributed by atoms with E-state index in [1.54, 1.807) is 0 Å². The molecule has 1 saturated carbocycles. The molecule has 0 amide bonds. The zero-order valence-electron chi connectivity index (χ0n) is 11.5. The van der Waals surface area contributed by atoms with E-state index in [9.17, 15) is 0 Å². The van der Waals surface area contributed by atoms with E-state index in [0.717, 1.165) is 5.92 Å². The monoisotopic (exact) mass is 232 g/mol. The molecule has 17 heavy (non-hydrogen) atoms. The van der Waals surface area contributed by atoms with Crippen molar-refractivity contribution in [3.05, 3.63) is 29.6 Å². The molecule has 1 heterocycles. The minimum Gasteiger partial charge on any atom is -0.313 e. The fourth-order valence-electron chi connectivity index (χ4n) is 3.32. The van der Waals surface area contributed by atoms with Gasteiger partial charge in [-0.2, -0.15) is 0 Å². The molecule has 1 aliphatic rings. The average Bonchev–Trinajstić information content (AvgIpc) is 2.60. The Morgan fingerprint density at radius 3 is 2.71 bits per heavy atom. The predicted molar refractivity (Wildman–Crippen MR) is 71.9 cm³/mol. The quantitative estimate of drug-likeness (QED) is 0.863. The molecule has 2 unspecified atom stereocenters. The maximum atomic E-state index is 4.33. The fourth-order valence-corrected chi connectivity index (χ4v) is 3.32. The summed E-state index contributed by atoms with van der Waals surface area (Å²) < 4.78 is 0. The van der Waals surface area contributed by atoms with Gasteiger partial charge in [-0.25, -0.2) is 0 Å². The number of aromatic nitrogens is 1. The molecule has 2 nitrogen and oxygen atoms in total. The summed E-state index contributed by atoms with van der Waals surface area (Å²) in [5.41, 5.74) is 3.03. The van der Waals surface area contributed by atoms with Crippen LogP contribution in [0, 0.1) is 18.3 Å².